The van der Waals surface area contributed by atoms with E-state index in [2.05, 4.69) is 6.92 Å². The Morgan fingerprint density at radius 1 is 1.09 bits per heavy atom. The average molecular weight is 327 g/mol. The summed E-state index contributed by atoms with van der Waals surface area (Å²) in [7, 11) is 0. The molecule has 1 atom stereocenters. The zero-order valence-corrected chi connectivity index (χ0v) is 13.9. The summed E-state index contributed by atoms with van der Waals surface area (Å²) in [6.07, 6.45) is 2.55. The monoisotopic (exact) mass is 326 g/mol. The van der Waals surface area contributed by atoms with Crippen molar-refractivity contribution in [1.82, 2.24) is 0 Å². The Hall–Kier alpha value is -1.55. The second-order valence-electron chi connectivity index (χ2n) is 5.00. The number of hydrogen-bond acceptors (Lipinski definition) is 4. The Labute approximate surface area is 136 Å². The van der Waals surface area contributed by atoms with Gasteiger partial charge in [0.15, 0.2) is 0 Å². The van der Waals surface area contributed by atoms with Crippen LogP contribution < -0.4 is 0 Å². The van der Waals surface area contributed by atoms with Gasteiger partial charge < -0.3 is 9.47 Å². The first-order valence-corrected chi connectivity index (χ1v) is 8.05. The fraction of sp³-hybridized carbons (Fsp3) is 0.529. The maximum atomic E-state index is 11.9. The van der Waals surface area contributed by atoms with Crippen LogP contribution in [-0.4, -0.2) is 18.5 Å². The van der Waals surface area contributed by atoms with Gasteiger partial charge in [0, 0.05) is 11.4 Å². The molecule has 1 aromatic rings. The van der Waals surface area contributed by atoms with Crippen molar-refractivity contribution >= 4 is 23.5 Å². The number of benzene rings is 1. The van der Waals surface area contributed by atoms with Gasteiger partial charge in [-0.2, -0.15) is 0 Å². The van der Waals surface area contributed by atoms with Gasteiger partial charge in [0.2, 0.25) is 0 Å². The standard InChI is InChI=1S/C17H23ClO4/c1-3-5-6-7-16(19)22-15(12-17(20)21-4-2)13-8-10-14(18)11-9-13/h8-11,15H,3-7,12H2,1-2H3. The van der Waals surface area contributed by atoms with Crippen LogP contribution in [0.15, 0.2) is 24.3 Å². The minimum Gasteiger partial charge on any atom is -0.466 e. The summed E-state index contributed by atoms with van der Waals surface area (Å²) in [5, 5.41) is 0.591. The molecule has 0 aliphatic heterocycles. The van der Waals surface area contributed by atoms with Gasteiger partial charge in [0.1, 0.15) is 6.10 Å². The SMILES string of the molecule is CCCCCC(=O)OC(CC(=O)OCC)c1ccc(Cl)cc1. The van der Waals surface area contributed by atoms with E-state index in [4.69, 9.17) is 21.1 Å². The predicted molar refractivity (Wildman–Crippen MR) is 85.7 cm³/mol. The average Bonchev–Trinajstić information content (AvgIpc) is 2.48. The summed E-state index contributed by atoms with van der Waals surface area (Å²) < 4.78 is 10.4. The van der Waals surface area contributed by atoms with E-state index in [0.717, 1.165) is 24.8 Å². The van der Waals surface area contributed by atoms with Crippen LogP contribution in [0.2, 0.25) is 5.02 Å². The highest BCUT2D eigenvalue weighted by Crippen LogP contribution is 2.24. The number of halogens is 1. The predicted octanol–water partition coefficient (Wildman–Crippen LogP) is 4.46. The molecule has 1 rings (SSSR count). The zero-order valence-electron chi connectivity index (χ0n) is 13.1. The lowest BCUT2D eigenvalue weighted by atomic mass is 10.1. The Morgan fingerprint density at radius 3 is 2.36 bits per heavy atom. The molecule has 0 amide bonds. The Balaban J connectivity index is 2.71. The van der Waals surface area contributed by atoms with Gasteiger partial charge in [-0.3, -0.25) is 9.59 Å². The van der Waals surface area contributed by atoms with Gasteiger partial charge in [0.05, 0.1) is 13.0 Å². The molecule has 0 heterocycles. The highest BCUT2D eigenvalue weighted by molar-refractivity contribution is 6.30. The molecule has 0 radical (unpaired) electrons. The van der Waals surface area contributed by atoms with E-state index in [9.17, 15) is 9.59 Å². The molecule has 0 aromatic heterocycles. The molecule has 0 aliphatic rings. The van der Waals surface area contributed by atoms with E-state index < -0.39 is 6.10 Å². The Morgan fingerprint density at radius 2 is 1.77 bits per heavy atom. The topological polar surface area (TPSA) is 52.6 Å². The largest absolute Gasteiger partial charge is 0.466 e. The maximum absolute atomic E-state index is 11.9. The molecule has 0 bridgehead atoms. The van der Waals surface area contributed by atoms with Crippen molar-refractivity contribution in [1.29, 1.82) is 0 Å². The maximum Gasteiger partial charge on any atom is 0.309 e. The van der Waals surface area contributed by atoms with Crippen molar-refractivity contribution in [2.75, 3.05) is 6.61 Å². The van der Waals surface area contributed by atoms with Crippen molar-refractivity contribution in [3.8, 4) is 0 Å². The number of hydrogen-bond donors (Lipinski definition) is 0. The molecule has 0 spiro atoms. The number of carbonyl (C=O) groups excluding carboxylic acids is 2. The van der Waals surface area contributed by atoms with Crippen molar-refractivity contribution in [3.05, 3.63) is 34.9 Å². The molecule has 1 unspecified atom stereocenters. The van der Waals surface area contributed by atoms with Crippen LogP contribution in [0.3, 0.4) is 0 Å². The highest BCUT2D eigenvalue weighted by Gasteiger charge is 2.21. The second-order valence-corrected chi connectivity index (χ2v) is 5.43. The third kappa shape index (κ3) is 6.94. The molecule has 4 nitrogen and oxygen atoms in total. The molecule has 0 saturated heterocycles. The summed E-state index contributed by atoms with van der Waals surface area (Å²) in [5.74, 6) is -0.679. The third-order valence-corrected chi connectivity index (χ3v) is 3.41. The van der Waals surface area contributed by atoms with Crippen molar-refractivity contribution in [3.63, 3.8) is 0 Å². The smallest absolute Gasteiger partial charge is 0.309 e. The summed E-state index contributed by atoms with van der Waals surface area (Å²) in [5.41, 5.74) is 0.737. The normalized spacial score (nSPS) is 11.8. The first-order valence-electron chi connectivity index (χ1n) is 7.67. The molecule has 122 valence electrons. The van der Waals surface area contributed by atoms with Crippen LogP contribution in [0.25, 0.3) is 0 Å². The lowest BCUT2D eigenvalue weighted by molar-refractivity contribution is -0.155. The van der Waals surface area contributed by atoms with Gasteiger partial charge in [-0.15, -0.1) is 0 Å². The number of carbonyl (C=O) groups is 2. The first kappa shape index (κ1) is 18.5. The van der Waals surface area contributed by atoms with Gasteiger partial charge in [-0.05, 0) is 31.0 Å². The number of unbranched alkanes of at least 4 members (excludes halogenated alkanes) is 2. The van der Waals surface area contributed by atoms with Crippen molar-refractivity contribution in [2.24, 2.45) is 0 Å². The van der Waals surface area contributed by atoms with E-state index in [-0.39, 0.29) is 18.4 Å². The molecule has 22 heavy (non-hydrogen) atoms. The lowest BCUT2D eigenvalue weighted by Gasteiger charge is -2.18. The van der Waals surface area contributed by atoms with E-state index >= 15 is 0 Å². The third-order valence-electron chi connectivity index (χ3n) is 3.16. The molecule has 1 aromatic carbocycles. The number of esters is 2. The molecule has 5 heteroatoms. The van der Waals surface area contributed by atoms with E-state index in [0.29, 0.717) is 18.1 Å². The van der Waals surface area contributed by atoms with Crippen molar-refractivity contribution < 1.29 is 19.1 Å². The van der Waals surface area contributed by atoms with E-state index in [1.807, 2.05) is 0 Å². The quantitative estimate of drug-likeness (QED) is 0.496. The first-order chi connectivity index (χ1) is 10.6. The second kappa shape index (κ2) is 10.2. The Kier molecular flexibility index (Phi) is 8.60. The van der Waals surface area contributed by atoms with Crippen LogP contribution in [-0.2, 0) is 19.1 Å². The van der Waals surface area contributed by atoms with Crippen molar-refractivity contribution in [2.45, 2.75) is 52.1 Å². The fourth-order valence-electron chi connectivity index (χ4n) is 2.01. The molecular weight excluding hydrogens is 304 g/mol. The van der Waals surface area contributed by atoms with E-state index in [1.165, 1.54) is 0 Å². The van der Waals surface area contributed by atoms with E-state index in [1.54, 1.807) is 31.2 Å². The fourth-order valence-corrected chi connectivity index (χ4v) is 2.14. The van der Waals surface area contributed by atoms with Gasteiger partial charge in [-0.25, -0.2) is 0 Å². The molecule has 0 aliphatic carbocycles. The van der Waals surface area contributed by atoms with Crippen LogP contribution in [0.4, 0.5) is 0 Å². The highest BCUT2D eigenvalue weighted by atomic mass is 35.5. The van der Waals surface area contributed by atoms with Gasteiger partial charge in [0.25, 0.3) is 0 Å². The number of rotatable bonds is 9. The molecule has 0 N–H and O–H groups in total. The van der Waals surface area contributed by atoms with Crippen LogP contribution in [0.5, 0.6) is 0 Å². The Bertz CT molecular complexity index is 470. The van der Waals surface area contributed by atoms with Gasteiger partial charge >= 0.3 is 11.9 Å². The summed E-state index contributed by atoms with van der Waals surface area (Å²) in [4.78, 5) is 23.6. The van der Waals surface area contributed by atoms with Crippen LogP contribution in [0.1, 0.15) is 57.6 Å². The molecule has 0 saturated carbocycles. The number of ether oxygens (including phenoxy) is 2. The molecule has 0 fully saturated rings. The summed E-state index contributed by atoms with van der Waals surface area (Å²) >= 11 is 5.86. The summed E-state index contributed by atoms with van der Waals surface area (Å²) in [6.45, 7) is 4.12. The molecular formula is C17H23ClO4. The van der Waals surface area contributed by atoms with Crippen LogP contribution in [0, 0.1) is 0 Å². The minimum atomic E-state index is -0.634. The van der Waals surface area contributed by atoms with Crippen LogP contribution >= 0.6 is 11.6 Å². The lowest BCUT2D eigenvalue weighted by Crippen LogP contribution is -2.16. The summed E-state index contributed by atoms with van der Waals surface area (Å²) in [6, 6.07) is 6.93. The minimum absolute atomic E-state index is 0.00892. The van der Waals surface area contributed by atoms with Gasteiger partial charge in [-0.1, -0.05) is 43.5 Å². The zero-order chi connectivity index (χ0) is 16.4.